The van der Waals surface area contributed by atoms with Crippen molar-refractivity contribution in [2.24, 2.45) is 0 Å². The quantitative estimate of drug-likeness (QED) is 0.667. The number of benzene rings is 1. The minimum absolute atomic E-state index is 0.149. The molecule has 3 aromatic rings. The van der Waals surface area contributed by atoms with E-state index in [4.69, 9.17) is 9.47 Å². The van der Waals surface area contributed by atoms with Crippen LogP contribution < -0.4 is 14.8 Å². The molecule has 0 unspecified atom stereocenters. The summed E-state index contributed by atoms with van der Waals surface area (Å²) in [6, 6.07) is 8.96. The third kappa shape index (κ3) is 3.47. The molecule has 3 heterocycles. The first-order valence-corrected chi connectivity index (χ1v) is 8.77. The van der Waals surface area contributed by atoms with Gasteiger partial charge in [0, 0.05) is 29.7 Å². The van der Waals surface area contributed by atoms with Crippen LogP contribution in [-0.2, 0) is 4.79 Å². The first-order valence-electron chi connectivity index (χ1n) is 7.89. The highest BCUT2D eigenvalue weighted by Crippen LogP contribution is 2.34. The summed E-state index contributed by atoms with van der Waals surface area (Å²) >= 11 is 1.27. The van der Waals surface area contributed by atoms with Crippen molar-refractivity contribution < 1.29 is 14.3 Å². The number of aromatic amines is 1. The van der Waals surface area contributed by atoms with Crippen LogP contribution in [0.4, 0.5) is 5.69 Å². The van der Waals surface area contributed by atoms with E-state index < -0.39 is 0 Å². The normalized spacial score (nSPS) is 13.4. The predicted octanol–water partition coefficient (Wildman–Crippen LogP) is 2.71. The van der Waals surface area contributed by atoms with Gasteiger partial charge in [0.1, 0.15) is 0 Å². The van der Waals surface area contributed by atoms with E-state index in [9.17, 15) is 4.79 Å². The van der Waals surface area contributed by atoms with Gasteiger partial charge in [-0.1, -0.05) is 11.8 Å². The van der Waals surface area contributed by atoms with Crippen LogP contribution in [0.2, 0.25) is 0 Å². The number of thioether (sulfide) groups is 1. The largest absolute Gasteiger partial charge is 0.454 e. The van der Waals surface area contributed by atoms with Crippen LogP contribution in [0.1, 0.15) is 6.92 Å². The smallest absolute Gasteiger partial charge is 0.237 e. The number of pyridine rings is 1. The maximum absolute atomic E-state index is 12.4. The second-order valence-electron chi connectivity index (χ2n) is 5.52. The summed E-state index contributed by atoms with van der Waals surface area (Å²) in [7, 11) is 0. The average Bonchev–Trinajstić information content (AvgIpc) is 3.31. The zero-order chi connectivity index (χ0) is 17.9. The third-order valence-corrected chi connectivity index (χ3v) is 4.67. The third-order valence-electron chi connectivity index (χ3n) is 3.71. The zero-order valence-electron chi connectivity index (χ0n) is 13.8. The Labute approximate surface area is 153 Å². The second kappa shape index (κ2) is 7.04. The number of nitrogens with one attached hydrogen (secondary N) is 2. The molecule has 0 fully saturated rings. The van der Waals surface area contributed by atoms with Crippen molar-refractivity contribution in [2.75, 3.05) is 12.1 Å². The average molecular weight is 369 g/mol. The Morgan fingerprint density at radius 2 is 2.04 bits per heavy atom. The molecule has 0 spiro atoms. The summed E-state index contributed by atoms with van der Waals surface area (Å²) in [6.45, 7) is 2.00. The van der Waals surface area contributed by atoms with E-state index in [1.807, 2.05) is 12.1 Å². The molecule has 1 atom stereocenters. The molecule has 2 N–H and O–H groups in total. The summed E-state index contributed by atoms with van der Waals surface area (Å²) in [5.41, 5.74) is 1.54. The van der Waals surface area contributed by atoms with Gasteiger partial charge in [-0.15, -0.1) is 5.10 Å². The molecular formula is C17H15N5O3S. The van der Waals surface area contributed by atoms with E-state index in [-0.39, 0.29) is 18.0 Å². The monoisotopic (exact) mass is 369 g/mol. The summed E-state index contributed by atoms with van der Waals surface area (Å²) in [5, 5.41) is 10.0. The Kier molecular flexibility index (Phi) is 4.44. The van der Waals surface area contributed by atoms with Crippen molar-refractivity contribution in [1.82, 2.24) is 20.2 Å². The van der Waals surface area contributed by atoms with Gasteiger partial charge < -0.3 is 14.8 Å². The zero-order valence-corrected chi connectivity index (χ0v) is 14.6. The highest BCUT2D eigenvalue weighted by Gasteiger charge is 2.19. The van der Waals surface area contributed by atoms with Gasteiger partial charge in [-0.05, 0) is 31.2 Å². The van der Waals surface area contributed by atoms with Gasteiger partial charge in [0.2, 0.25) is 17.9 Å². The van der Waals surface area contributed by atoms with Gasteiger partial charge >= 0.3 is 0 Å². The number of anilines is 1. The van der Waals surface area contributed by atoms with E-state index in [1.54, 1.807) is 37.5 Å². The summed E-state index contributed by atoms with van der Waals surface area (Å²) in [6.07, 6.45) is 3.37. The number of fused-ring (bicyclic) bond motifs is 1. The fraction of sp³-hybridized carbons (Fsp3) is 0.176. The molecule has 1 aliphatic heterocycles. The topological polar surface area (TPSA) is 102 Å². The van der Waals surface area contributed by atoms with Gasteiger partial charge in [0.25, 0.3) is 0 Å². The van der Waals surface area contributed by atoms with Crippen LogP contribution in [0.5, 0.6) is 11.5 Å². The standard InChI is InChI=1S/C17H15N5O3S/c1-10(16(23)19-12-2-3-13-14(8-12)25-9-24-13)26-17-20-15(21-22-17)11-4-6-18-7-5-11/h2-8,10H,9H2,1H3,(H,19,23)(H,20,21,22)/t10-/m0/s1. The Balaban J connectivity index is 1.39. The fourth-order valence-electron chi connectivity index (χ4n) is 2.37. The molecule has 0 bridgehead atoms. The van der Waals surface area contributed by atoms with Crippen molar-refractivity contribution in [3.8, 4) is 22.9 Å². The van der Waals surface area contributed by atoms with Crippen molar-refractivity contribution in [1.29, 1.82) is 0 Å². The minimum atomic E-state index is -0.374. The van der Waals surface area contributed by atoms with E-state index >= 15 is 0 Å². The van der Waals surface area contributed by atoms with Gasteiger partial charge in [0.05, 0.1) is 5.25 Å². The minimum Gasteiger partial charge on any atom is -0.454 e. The fourth-order valence-corrected chi connectivity index (χ4v) is 3.09. The van der Waals surface area contributed by atoms with E-state index in [0.29, 0.717) is 28.2 Å². The van der Waals surface area contributed by atoms with Crippen LogP contribution in [0, 0.1) is 0 Å². The highest BCUT2D eigenvalue weighted by molar-refractivity contribution is 8.00. The van der Waals surface area contributed by atoms with E-state index in [2.05, 4.69) is 25.5 Å². The predicted molar refractivity (Wildman–Crippen MR) is 96.1 cm³/mol. The maximum Gasteiger partial charge on any atom is 0.237 e. The molecule has 1 aliphatic rings. The van der Waals surface area contributed by atoms with Crippen LogP contribution >= 0.6 is 11.8 Å². The van der Waals surface area contributed by atoms with E-state index in [0.717, 1.165) is 5.56 Å². The summed E-state index contributed by atoms with van der Waals surface area (Å²) in [5.74, 6) is 1.79. The molecule has 0 saturated carbocycles. The van der Waals surface area contributed by atoms with E-state index in [1.165, 1.54) is 11.8 Å². The molecule has 8 nitrogen and oxygen atoms in total. The molecule has 0 aliphatic carbocycles. The van der Waals surface area contributed by atoms with Gasteiger partial charge in [-0.2, -0.15) is 0 Å². The molecule has 9 heteroatoms. The number of amides is 1. The number of nitrogens with zero attached hydrogens (tertiary/aromatic N) is 3. The number of rotatable bonds is 5. The molecule has 1 aromatic carbocycles. The number of ether oxygens (including phenoxy) is 2. The lowest BCUT2D eigenvalue weighted by Gasteiger charge is -2.10. The molecular weight excluding hydrogens is 354 g/mol. The molecule has 1 amide bonds. The van der Waals surface area contributed by atoms with Crippen LogP contribution in [-0.4, -0.2) is 38.1 Å². The lowest BCUT2D eigenvalue weighted by Crippen LogP contribution is -2.22. The molecule has 132 valence electrons. The Hall–Kier alpha value is -3.07. The van der Waals surface area contributed by atoms with Crippen LogP contribution in [0.25, 0.3) is 11.4 Å². The molecule has 0 radical (unpaired) electrons. The number of hydrogen-bond donors (Lipinski definition) is 2. The van der Waals surface area contributed by atoms with Crippen molar-refractivity contribution in [2.45, 2.75) is 17.3 Å². The van der Waals surface area contributed by atoms with Crippen molar-refractivity contribution in [3.05, 3.63) is 42.7 Å². The maximum atomic E-state index is 12.4. The Morgan fingerprint density at radius 1 is 1.23 bits per heavy atom. The molecule has 0 saturated heterocycles. The Bertz CT molecular complexity index is 931. The number of carbonyl (C=O) groups is 1. The number of hydrogen-bond acceptors (Lipinski definition) is 7. The summed E-state index contributed by atoms with van der Waals surface area (Å²) in [4.78, 5) is 20.8. The highest BCUT2D eigenvalue weighted by atomic mass is 32.2. The van der Waals surface area contributed by atoms with Crippen LogP contribution in [0.3, 0.4) is 0 Å². The first kappa shape index (κ1) is 16.4. The van der Waals surface area contributed by atoms with Crippen molar-refractivity contribution in [3.63, 3.8) is 0 Å². The van der Waals surface area contributed by atoms with Gasteiger partial charge in [0.15, 0.2) is 17.3 Å². The number of carbonyl (C=O) groups excluding carboxylic acids is 1. The molecule has 4 rings (SSSR count). The first-order chi connectivity index (χ1) is 12.7. The lowest BCUT2D eigenvalue weighted by atomic mass is 10.2. The SMILES string of the molecule is C[C@H](Sc1n[nH]c(-c2ccncc2)n1)C(=O)Nc1ccc2c(c1)OCO2. The van der Waals surface area contributed by atoms with Crippen molar-refractivity contribution >= 4 is 23.4 Å². The number of H-pyrrole nitrogens is 1. The second-order valence-corrected chi connectivity index (χ2v) is 6.83. The van der Waals surface area contributed by atoms with Gasteiger partial charge in [-0.3, -0.25) is 14.9 Å². The molecule has 26 heavy (non-hydrogen) atoms. The number of aromatic nitrogens is 4. The van der Waals surface area contributed by atoms with Gasteiger partial charge in [-0.25, -0.2) is 4.98 Å². The van der Waals surface area contributed by atoms with Crippen LogP contribution in [0.15, 0.2) is 47.9 Å². The Morgan fingerprint density at radius 3 is 2.88 bits per heavy atom. The lowest BCUT2D eigenvalue weighted by molar-refractivity contribution is -0.115. The molecule has 2 aromatic heterocycles. The summed E-state index contributed by atoms with van der Waals surface area (Å²) < 4.78 is 10.6.